The van der Waals surface area contributed by atoms with Gasteiger partial charge in [-0.1, -0.05) is 36.4 Å². The van der Waals surface area contributed by atoms with Crippen molar-refractivity contribution in [2.45, 2.75) is 18.4 Å². The number of nitro benzene ring substituents is 1. The van der Waals surface area contributed by atoms with Gasteiger partial charge < -0.3 is 19.7 Å². The zero-order valence-electron chi connectivity index (χ0n) is 20.0. The van der Waals surface area contributed by atoms with Gasteiger partial charge in [-0.3, -0.25) is 10.1 Å². The van der Waals surface area contributed by atoms with E-state index < -0.39 is 16.5 Å². The second-order valence-corrected chi connectivity index (χ2v) is 9.21. The first kappa shape index (κ1) is 23.3. The number of aromatic hydroxyl groups is 2. The summed E-state index contributed by atoms with van der Waals surface area (Å²) < 4.78 is 12.2. The number of fused-ring (bicyclic) bond motifs is 6. The molecular weight excluding hydrogens is 486 g/mol. The Morgan fingerprint density at radius 1 is 0.895 bits per heavy atom. The van der Waals surface area contributed by atoms with E-state index in [9.17, 15) is 25.1 Å². The Morgan fingerprint density at radius 2 is 1.53 bits per heavy atom. The Morgan fingerprint density at radius 3 is 2.16 bits per heavy atom. The Bertz CT molecular complexity index is 1620. The summed E-state index contributed by atoms with van der Waals surface area (Å²) in [7, 11) is 0. The molecule has 0 amide bonds. The first-order valence-corrected chi connectivity index (χ1v) is 11.9. The Kier molecular flexibility index (Phi) is 5.20. The molecule has 2 aliphatic heterocycles. The third-order valence-electron chi connectivity index (χ3n) is 7.07. The summed E-state index contributed by atoms with van der Waals surface area (Å²) in [5, 5.41) is 31.9. The minimum Gasteiger partial charge on any atom is -0.508 e. The van der Waals surface area contributed by atoms with Crippen molar-refractivity contribution in [2.24, 2.45) is 0 Å². The number of benzene rings is 4. The largest absolute Gasteiger partial charge is 0.508 e. The number of esters is 1. The van der Waals surface area contributed by atoms with Crippen molar-refractivity contribution in [1.29, 1.82) is 0 Å². The van der Waals surface area contributed by atoms with Crippen LogP contribution in [0, 0.1) is 10.1 Å². The van der Waals surface area contributed by atoms with E-state index in [2.05, 4.69) is 6.58 Å². The number of hydrogen-bond acceptors (Lipinski definition) is 7. The highest BCUT2D eigenvalue weighted by Gasteiger charge is 2.54. The number of ether oxygens (including phenoxy) is 2. The molecule has 2 N–H and O–H groups in total. The van der Waals surface area contributed by atoms with Crippen molar-refractivity contribution >= 4 is 11.7 Å². The number of nitro groups is 1. The summed E-state index contributed by atoms with van der Waals surface area (Å²) >= 11 is 0. The fourth-order valence-corrected chi connectivity index (χ4v) is 5.49. The second kappa shape index (κ2) is 8.48. The summed E-state index contributed by atoms with van der Waals surface area (Å²) in [5.41, 5.74) is 2.55. The highest BCUT2D eigenvalue weighted by molar-refractivity contribution is 5.99. The summed E-state index contributed by atoms with van der Waals surface area (Å²) in [6, 6.07) is 19.3. The molecule has 0 saturated heterocycles. The molecule has 2 aliphatic rings. The van der Waals surface area contributed by atoms with E-state index >= 15 is 0 Å². The van der Waals surface area contributed by atoms with Crippen LogP contribution in [0.5, 0.6) is 23.0 Å². The van der Waals surface area contributed by atoms with E-state index in [-0.39, 0.29) is 35.1 Å². The molecule has 2 heterocycles. The number of para-hydroxylation sites is 1. The maximum Gasteiger partial charge on any atom is 0.340 e. The van der Waals surface area contributed by atoms with Gasteiger partial charge in [0.1, 0.15) is 23.0 Å². The zero-order chi connectivity index (χ0) is 26.6. The number of carbonyl (C=O) groups excluding carboxylic acids is 1. The lowest BCUT2D eigenvalue weighted by atomic mass is 9.76. The van der Waals surface area contributed by atoms with Crippen LogP contribution in [-0.2, 0) is 23.2 Å². The molecule has 0 aromatic heterocycles. The van der Waals surface area contributed by atoms with E-state index in [0.717, 1.165) is 5.56 Å². The summed E-state index contributed by atoms with van der Waals surface area (Å²) in [4.78, 5) is 24.9. The molecule has 0 radical (unpaired) electrons. The van der Waals surface area contributed by atoms with Crippen LogP contribution in [0.4, 0.5) is 5.69 Å². The lowest BCUT2D eigenvalue weighted by Crippen LogP contribution is -2.32. The molecule has 0 saturated carbocycles. The number of nitrogens with zero attached hydrogens (tertiary/aromatic N) is 1. The molecular formula is C30H21NO7. The molecule has 0 unspecified atom stereocenters. The second-order valence-electron chi connectivity index (χ2n) is 9.21. The highest BCUT2D eigenvalue weighted by atomic mass is 16.6. The number of phenolic OH excluding ortho intramolecular Hbond substituents is 2. The van der Waals surface area contributed by atoms with E-state index in [0.29, 0.717) is 39.8 Å². The van der Waals surface area contributed by atoms with Gasteiger partial charge in [-0.25, -0.2) is 4.79 Å². The van der Waals surface area contributed by atoms with Crippen molar-refractivity contribution in [3.05, 3.63) is 135 Å². The fourth-order valence-electron chi connectivity index (χ4n) is 5.49. The Balaban J connectivity index is 1.60. The number of phenols is 2. The van der Waals surface area contributed by atoms with Gasteiger partial charge in [0.15, 0.2) is 5.60 Å². The van der Waals surface area contributed by atoms with Crippen LogP contribution in [0.1, 0.15) is 43.7 Å². The summed E-state index contributed by atoms with van der Waals surface area (Å²) in [5.74, 6) is -0.0318. The third kappa shape index (κ3) is 3.34. The minimum atomic E-state index is -1.38. The zero-order valence-corrected chi connectivity index (χ0v) is 20.0. The monoisotopic (exact) mass is 507 g/mol. The van der Waals surface area contributed by atoms with Gasteiger partial charge in [-0.05, 0) is 41.8 Å². The SMILES string of the molecule is C=CCc1c(Cc2ccccc2[N+](=O)[O-])ccc2c1C(=O)OC21c2ccc(O)cc2Oc2cc(O)ccc21. The highest BCUT2D eigenvalue weighted by Crippen LogP contribution is 2.57. The maximum atomic E-state index is 13.7. The van der Waals surface area contributed by atoms with Crippen molar-refractivity contribution < 1.29 is 29.4 Å². The van der Waals surface area contributed by atoms with Crippen LogP contribution in [0.2, 0.25) is 0 Å². The summed E-state index contributed by atoms with van der Waals surface area (Å²) in [6.45, 7) is 3.86. The predicted molar refractivity (Wildman–Crippen MR) is 138 cm³/mol. The van der Waals surface area contributed by atoms with Crippen LogP contribution in [0.3, 0.4) is 0 Å². The van der Waals surface area contributed by atoms with Gasteiger partial charge in [-0.15, -0.1) is 6.58 Å². The lowest BCUT2D eigenvalue weighted by molar-refractivity contribution is -0.385. The van der Waals surface area contributed by atoms with Crippen molar-refractivity contribution in [1.82, 2.24) is 0 Å². The van der Waals surface area contributed by atoms with Gasteiger partial charge in [-0.2, -0.15) is 0 Å². The topological polar surface area (TPSA) is 119 Å². The van der Waals surface area contributed by atoms with Crippen LogP contribution >= 0.6 is 0 Å². The first-order chi connectivity index (χ1) is 18.3. The number of rotatable bonds is 5. The van der Waals surface area contributed by atoms with E-state index in [4.69, 9.17) is 9.47 Å². The quantitative estimate of drug-likeness (QED) is 0.150. The molecule has 6 rings (SSSR count). The Labute approximate surface area is 217 Å². The molecule has 4 aromatic carbocycles. The van der Waals surface area contributed by atoms with Crippen LogP contribution in [0.25, 0.3) is 0 Å². The molecule has 0 bridgehead atoms. The molecule has 38 heavy (non-hydrogen) atoms. The van der Waals surface area contributed by atoms with Crippen LogP contribution in [-0.4, -0.2) is 21.1 Å². The lowest BCUT2D eigenvalue weighted by Gasteiger charge is -2.36. The molecule has 8 nitrogen and oxygen atoms in total. The molecule has 188 valence electrons. The molecule has 0 atom stereocenters. The molecule has 1 spiro atoms. The van der Waals surface area contributed by atoms with E-state index in [1.54, 1.807) is 42.5 Å². The van der Waals surface area contributed by atoms with E-state index in [1.165, 1.54) is 30.3 Å². The van der Waals surface area contributed by atoms with Gasteiger partial charge >= 0.3 is 5.97 Å². The van der Waals surface area contributed by atoms with Crippen molar-refractivity contribution in [3.8, 4) is 23.0 Å². The number of allylic oxidation sites excluding steroid dienone is 1. The van der Waals surface area contributed by atoms with Gasteiger partial charge in [0.05, 0.1) is 10.5 Å². The van der Waals surface area contributed by atoms with Gasteiger partial charge in [0, 0.05) is 46.9 Å². The van der Waals surface area contributed by atoms with Crippen molar-refractivity contribution in [2.75, 3.05) is 0 Å². The molecule has 4 aromatic rings. The summed E-state index contributed by atoms with van der Waals surface area (Å²) in [6.07, 6.45) is 2.26. The average Bonchev–Trinajstić information content (AvgIpc) is 3.18. The predicted octanol–water partition coefficient (Wildman–Crippen LogP) is 5.89. The third-order valence-corrected chi connectivity index (χ3v) is 7.07. The molecule has 0 aliphatic carbocycles. The minimum absolute atomic E-state index is 0.00324. The number of carbonyl (C=O) groups is 1. The normalized spacial score (nSPS) is 14.2. The smallest absolute Gasteiger partial charge is 0.340 e. The fraction of sp³-hybridized carbons (Fsp3) is 0.100. The molecule has 8 heteroatoms. The standard InChI is InChI=1S/C30H21NO7/c1-2-5-21-17(14-18-6-3-4-7-25(18)31(35)36)8-11-24-28(21)29(34)38-30(24)22-12-9-19(32)15-26(22)37-27-16-20(33)10-13-23(27)30/h2-4,6-13,15-16,32-33H,1,5,14H2. The average molecular weight is 507 g/mol. The van der Waals surface area contributed by atoms with E-state index in [1.807, 2.05) is 6.07 Å². The van der Waals surface area contributed by atoms with Crippen LogP contribution in [0.15, 0.2) is 85.5 Å². The molecule has 0 fully saturated rings. The number of hydrogen-bond donors (Lipinski definition) is 2. The maximum absolute atomic E-state index is 13.7. The van der Waals surface area contributed by atoms with Crippen LogP contribution < -0.4 is 4.74 Å². The van der Waals surface area contributed by atoms with Gasteiger partial charge in [0.2, 0.25) is 0 Å². The van der Waals surface area contributed by atoms with Crippen molar-refractivity contribution in [3.63, 3.8) is 0 Å². The Hall–Kier alpha value is -5.11. The van der Waals surface area contributed by atoms with Gasteiger partial charge in [0.25, 0.3) is 5.69 Å². The first-order valence-electron chi connectivity index (χ1n) is 11.9.